The van der Waals surface area contributed by atoms with Gasteiger partial charge in [0, 0.05) is 12.4 Å². The van der Waals surface area contributed by atoms with Crippen LogP contribution in [-0.2, 0) is 6.42 Å². The van der Waals surface area contributed by atoms with Gasteiger partial charge in [-0.15, -0.1) is 0 Å². The zero-order valence-corrected chi connectivity index (χ0v) is 10.5. The Morgan fingerprint density at radius 1 is 1.20 bits per heavy atom. The van der Waals surface area contributed by atoms with Gasteiger partial charge in [-0.05, 0) is 24.2 Å². The monoisotopic (exact) mass is 206 g/mol. The molecule has 1 aromatic rings. The van der Waals surface area contributed by atoms with Crippen molar-refractivity contribution in [3.63, 3.8) is 0 Å². The molecule has 0 amide bonds. The number of nitrogens with zero attached hydrogens (tertiary/aromatic N) is 2. The molecule has 0 saturated carbocycles. The van der Waals surface area contributed by atoms with Crippen LogP contribution in [0.4, 0.5) is 0 Å². The first-order chi connectivity index (χ1) is 6.88. The summed E-state index contributed by atoms with van der Waals surface area (Å²) in [5, 5.41) is 0. The summed E-state index contributed by atoms with van der Waals surface area (Å²) in [5.74, 6) is 0.465. The molecule has 1 rings (SSSR count). The Labute approximate surface area is 93.2 Å². The molecular formula is C13H22N2. The highest BCUT2D eigenvalue weighted by Gasteiger charge is 2.11. The Hall–Kier alpha value is -0.920. The molecule has 0 aromatic carbocycles. The molecule has 2 heteroatoms. The molecule has 0 aliphatic heterocycles. The molecule has 0 unspecified atom stereocenters. The molecule has 0 fully saturated rings. The molecule has 15 heavy (non-hydrogen) atoms. The second kappa shape index (κ2) is 4.73. The fraction of sp³-hybridized carbons (Fsp3) is 0.692. The predicted molar refractivity (Wildman–Crippen MR) is 63.9 cm³/mol. The molecule has 1 heterocycles. The van der Waals surface area contributed by atoms with E-state index >= 15 is 0 Å². The topological polar surface area (TPSA) is 25.8 Å². The van der Waals surface area contributed by atoms with Crippen LogP contribution in [0.5, 0.6) is 0 Å². The van der Waals surface area contributed by atoms with Gasteiger partial charge >= 0.3 is 0 Å². The summed E-state index contributed by atoms with van der Waals surface area (Å²) in [5.41, 5.74) is 2.59. The van der Waals surface area contributed by atoms with E-state index in [1.54, 1.807) is 0 Å². The average Bonchev–Trinajstić information content (AvgIpc) is 2.14. The maximum Gasteiger partial charge on any atom is 0.0615 e. The number of hydrogen-bond acceptors (Lipinski definition) is 2. The zero-order valence-electron chi connectivity index (χ0n) is 10.5. The van der Waals surface area contributed by atoms with Gasteiger partial charge < -0.3 is 0 Å². The minimum Gasteiger partial charge on any atom is -0.261 e. The molecule has 0 saturated heterocycles. The average molecular weight is 206 g/mol. The normalized spacial score (nSPS) is 12.1. The fourth-order valence-electron chi connectivity index (χ4n) is 1.32. The Morgan fingerprint density at radius 2 is 1.87 bits per heavy atom. The first-order valence-corrected chi connectivity index (χ1v) is 5.69. The second-order valence-corrected chi connectivity index (χ2v) is 5.65. The van der Waals surface area contributed by atoms with Crippen LogP contribution in [0, 0.1) is 5.41 Å². The smallest absolute Gasteiger partial charge is 0.0615 e. The van der Waals surface area contributed by atoms with Gasteiger partial charge in [0.25, 0.3) is 0 Å². The third-order valence-corrected chi connectivity index (χ3v) is 2.43. The van der Waals surface area contributed by atoms with E-state index in [0.29, 0.717) is 11.3 Å². The lowest BCUT2D eigenvalue weighted by Gasteiger charge is -2.17. The summed E-state index contributed by atoms with van der Waals surface area (Å²) >= 11 is 0. The van der Waals surface area contributed by atoms with Gasteiger partial charge in [0.05, 0.1) is 11.4 Å². The van der Waals surface area contributed by atoms with Crippen molar-refractivity contribution in [1.29, 1.82) is 0 Å². The highest BCUT2D eigenvalue weighted by atomic mass is 14.8. The van der Waals surface area contributed by atoms with Crippen LogP contribution in [0.3, 0.4) is 0 Å². The van der Waals surface area contributed by atoms with E-state index in [1.165, 1.54) is 0 Å². The maximum absolute atomic E-state index is 4.61. The maximum atomic E-state index is 4.61. The number of aryl methyl sites for hydroxylation is 1. The van der Waals surface area contributed by atoms with Crippen molar-refractivity contribution in [3.8, 4) is 0 Å². The fourth-order valence-corrected chi connectivity index (χ4v) is 1.32. The van der Waals surface area contributed by atoms with E-state index in [2.05, 4.69) is 44.6 Å². The van der Waals surface area contributed by atoms with Crippen LogP contribution in [0.15, 0.2) is 12.4 Å². The second-order valence-electron chi connectivity index (χ2n) is 5.65. The lowest BCUT2D eigenvalue weighted by Crippen LogP contribution is -2.08. The molecule has 0 aliphatic rings. The molecule has 1 aromatic heterocycles. The quantitative estimate of drug-likeness (QED) is 0.755. The van der Waals surface area contributed by atoms with E-state index in [9.17, 15) is 0 Å². The van der Waals surface area contributed by atoms with Crippen LogP contribution in [0.1, 0.15) is 58.3 Å². The molecule has 0 bridgehead atoms. The van der Waals surface area contributed by atoms with E-state index in [-0.39, 0.29) is 0 Å². The molecule has 0 radical (unpaired) electrons. The summed E-state index contributed by atoms with van der Waals surface area (Å²) in [6.45, 7) is 11.1. The van der Waals surface area contributed by atoms with Gasteiger partial charge in [-0.3, -0.25) is 9.97 Å². The van der Waals surface area contributed by atoms with Crippen LogP contribution in [0.25, 0.3) is 0 Å². The zero-order chi connectivity index (χ0) is 11.5. The van der Waals surface area contributed by atoms with Gasteiger partial charge in [-0.1, -0.05) is 34.6 Å². The number of aromatic nitrogens is 2. The summed E-state index contributed by atoms with van der Waals surface area (Å²) in [6, 6.07) is 0. The van der Waals surface area contributed by atoms with Crippen molar-refractivity contribution in [1.82, 2.24) is 9.97 Å². The Morgan fingerprint density at radius 3 is 2.40 bits per heavy atom. The number of hydrogen-bond donors (Lipinski definition) is 0. The van der Waals surface area contributed by atoms with E-state index < -0.39 is 0 Å². The molecule has 0 N–H and O–H groups in total. The van der Waals surface area contributed by atoms with Crippen LogP contribution in [0.2, 0.25) is 0 Å². The lowest BCUT2D eigenvalue weighted by atomic mass is 9.90. The van der Waals surface area contributed by atoms with Crippen molar-refractivity contribution in [2.24, 2.45) is 5.41 Å². The SMILES string of the molecule is CC(C)c1cncc(CCC(C)(C)C)n1. The Balaban J connectivity index is 2.66. The molecule has 0 atom stereocenters. The van der Waals surface area contributed by atoms with Gasteiger partial charge in [0.15, 0.2) is 0 Å². The van der Waals surface area contributed by atoms with Gasteiger partial charge in [0.1, 0.15) is 0 Å². The predicted octanol–water partition coefficient (Wildman–Crippen LogP) is 3.58. The van der Waals surface area contributed by atoms with Crippen LogP contribution in [-0.4, -0.2) is 9.97 Å². The minimum atomic E-state index is 0.371. The van der Waals surface area contributed by atoms with Crippen molar-refractivity contribution < 1.29 is 0 Å². The van der Waals surface area contributed by atoms with Crippen molar-refractivity contribution in [2.75, 3.05) is 0 Å². The van der Waals surface area contributed by atoms with Crippen LogP contribution >= 0.6 is 0 Å². The summed E-state index contributed by atoms with van der Waals surface area (Å²) in [6.07, 6.45) is 5.93. The van der Waals surface area contributed by atoms with Crippen molar-refractivity contribution >= 4 is 0 Å². The third-order valence-electron chi connectivity index (χ3n) is 2.43. The Bertz CT molecular complexity index is 311. The summed E-state index contributed by atoms with van der Waals surface area (Å²) in [7, 11) is 0. The molecular weight excluding hydrogens is 184 g/mol. The highest BCUT2D eigenvalue weighted by molar-refractivity contribution is 5.06. The van der Waals surface area contributed by atoms with Gasteiger partial charge in [-0.25, -0.2) is 0 Å². The highest BCUT2D eigenvalue weighted by Crippen LogP contribution is 2.21. The Kier molecular flexibility index (Phi) is 3.83. The summed E-state index contributed by atoms with van der Waals surface area (Å²) < 4.78 is 0. The first kappa shape index (κ1) is 12.2. The molecule has 2 nitrogen and oxygen atoms in total. The standard InChI is InChI=1S/C13H22N2/c1-10(2)12-9-14-8-11(15-12)6-7-13(3,4)5/h8-10H,6-7H2,1-5H3. The lowest BCUT2D eigenvalue weighted by molar-refractivity contribution is 0.376. The summed E-state index contributed by atoms with van der Waals surface area (Å²) in [4.78, 5) is 8.86. The van der Waals surface area contributed by atoms with E-state index in [0.717, 1.165) is 24.2 Å². The van der Waals surface area contributed by atoms with Crippen LogP contribution < -0.4 is 0 Å². The van der Waals surface area contributed by atoms with Crippen molar-refractivity contribution in [2.45, 2.75) is 53.4 Å². The molecule has 0 aliphatic carbocycles. The molecule has 0 spiro atoms. The van der Waals surface area contributed by atoms with Crippen molar-refractivity contribution in [3.05, 3.63) is 23.8 Å². The van der Waals surface area contributed by atoms with Gasteiger partial charge in [0.2, 0.25) is 0 Å². The first-order valence-electron chi connectivity index (χ1n) is 5.69. The third kappa shape index (κ3) is 4.41. The molecule has 84 valence electrons. The largest absolute Gasteiger partial charge is 0.261 e. The number of rotatable bonds is 3. The van der Waals surface area contributed by atoms with E-state index in [1.807, 2.05) is 12.4 Å². The van der Waals surface area contributed by atoms with Gasteiger partial charge in [-0.2, -0.15) is 0 Å². The minimum absolute atomic E-state index is 0.371. The van der Waals surface area contributed by atoms with E-state index in [4.69, 9.17) is 0 Å².